The Morgan fingerprint density at radius 3 is 2.32 bits per heavy atom. The average Bonchev–Trinajstić information content (AvgIpc) is 2.51. The van der Waals surface area contributed by atoms with Gasteiger partial charge in [0.15, 0.2) is 0 Å². The Labute approximate surface area is 134 Å². The molecular formula is C16H28N2O3S. The lowest BCUT2D eigenvalue weighted by Crippen LogP contribution is -2.49. The van der Waals surface area contributed by atoms with E-state index < -0.39 is 9.84 Å². The largest absolute Gasteiger partial charge is 0.337 e. The smallest absolute Gasteiger partial charge is 0.246 e. The van der Waals surface area contributed by atoms with Crippen LogP contribution >= 0.6 is 0 Å². The minimum atomic E-state index is -2.91. The summed E-state index contributed by atoms with van der Waals surface area (Å²) in [5.41, 5.74) is 0. The van der Waals surface area contributed by atoms with Crippen molar-refractivity contribution in [3.05, 3.63) is 12.2 Å². The van der Waals surface area contributed by atoms with Crippen molar-refractivity contribution in [1.29, 1.82) is 0 Å². The van der Waals surface area contributed by atoms with Gasteiger partial charge in [0.2, 0.25) is 5.91 Å². The molecule has 1 aliphatic carbocycles. The van der Waals surface area contributed by atoms with Crippen molar-refractivity contribution in [2.75, 3.05) is 44.7 Å². The molecule has 0 aromatic rings. The van der Waals surface area contributed by atoms with E-state index in [1.54, 1.807) is 6.08 Å². The summed E-state index contributed by atoms with van der Waals surface area (Å²) < 4.78 is 22.4. The lowest BCUT2D eigenvalue weighted by molar-refractivity contribution is -0.127. The molecule has 0 radical (unpaired) electrons. The highest BCUT2D eigenvalue weighted by atomic mass is 32.2. The minimum absolute atomic E-state index is 0.105. The summed E-state index contributed by atoms with van der Waals surface area (Å²) in [5.74, 6) is 0.879. The highest BCUT2D eigenvalue weighted by Gasteiger charge is 2.20. The van der Waals surface area contributed by atoms with E-state index >= 15 is 0 Å². The molecule has 2 aliphatic rings. The first-order valence-electron chi connectivity index (χ1n) is 8.31. The van der Waals surface area contributed by atoms with Gasteiger partial charge in [-0.25, -0.2) is 8.42 Å². The Kier molecular flexibility index (Phi) is 6.44. The topological polar surface area (TPSA) is 57.7 Å². The number of rotatable bonds is 5. The minimum Gasteiger partial charge on any atom is -0.337 e. The zero-order chi connectivity index (χ0) is 16.0. The maximum Gasteiger partial charge on any atom is 0.246 e. The third-order valence-electron chi connectivity index (χ3n) is 4.62. The van der Waals surface area contributed by atoms with Crippen molar-refractivity contribution >= 4 is 15.7 Å². The van der Waals surface area contributed by atoms with Crippen LogP contribution < -0.4 is 0 Å². The van der Waals surface area contributed by atoms with E-state index in [0.29, 0.717) is 25.6 Å². The highest BCUT2D eigenvalue weighted by Crippen LogP contribution is 2.24. The normalized spacial score (nSPS) is 22.3. The number of hydrogen-bond donors (Lipinski definition) is 0. The van der Waals surface area contributed by atoms with Gasteiger partial charge in [-0.3, -0.25) is 9.69 Å². The molecule has 1 heterocycles. The molecule has 1 amide bonds. The first-order chi connectivity index (χ1) is 10.4. The third kappa shape index (κ3) is 6.08. The first kappa shape index (κ1) is 17.5. The molecule has 126 valence electrons. The molecular weight excluding hydrogens is 300 g/mol. The van der Waals surface area contributed by atoms with Crippen LogP contribution in [0.5, 0.6) is 0 Å². The van der Waals surface area contributed by atoms with Crippen LogP contribution in [0.15, 0.2) is 12.2 Å². The lowest BCUT2D eigenvalue weighted by atomic mass is 9.89. The first-order valence-corrected chi connectivity index (χ1v) is 10.4. The van der Waals surface area contributed by atoms with Gasteiger partial charge in [-0.15, -0.1) is 0 Å². The number of piperazine rings is 1. The Morgan fingerprint density at radius 2 is 1.73 bits per heavy atom. The van der Waals surface area contributed by atoms with Gasteiger partial charge < -0.3 is 4.90 Å². The number of carbonyl (C=O) groups is 1. The van der Waals surface area contributed by atoms with Gasteiger partial charge in [-0.05, 0) is 24.8 Å². The number of carbonyl (C=O) groups excluding carboxylic acids is 1. The Balaban J connectivity index is 1.71. The fourth-order valence-electron chi connectivity index (χ4n) is 3.14. The average molecular weight is 328 g/mol. The summed E-state index contributed by atoms with van der Waals surface area (Å²) in [6.07, 6.45) is 11.4. The Morgan fingerprint density at radius 1 is 1.09 bits per heavy atom. The molecule has 0 aromatic heterocycles. The van der Waals surface area contributed by atoms with E-state index in [-0.39, 0.29) is 11.7 Å². The van der Waals surface area contributed by atoms with Crippen molar-refractivity contribution in [2.24, 2.45) is 5.92 Å². The lowest BCUT2D eigenvalue weighted by Gasteiger charge is -2.34. The predicted molar refractivity (Wildman–Crippen MR) is 88.4 cm³/mol. The van der Waals surface area contributed by atoms with E-state index in [0.717, 1.165) is 13.1 Å². The van der Waals surface area contributed by atoms with Crippen molar-refractivity contribution < 1.29 is 13.2 Å². The fraction of sp³-hybridized carbons (Fsp3) is 0.812. The molecule has 2 rings (SSSR count). The molecule has 1 saturated carbocycles. The van der Waals surface area contributed by atoms with Gasteiger partial charge in [-0.1, -0.05) is 25.3 Å². The zero-order valence-electron chi connectivity index (χ0n) is 13.5. The Hall–Kier alpha value is -0.880. The van der Waals surface area contributed by atoms with Crippen LogP contribution in [0.2, 0.25) is 0 Å². The molecule has 2 fully saturated rings. The van der Waals surface area contributed by atoms with E-state index in [4.69, 9.17) is 0 Å². The molecule has 6 heteroatoms. The quantitative estimate of drug-likeness (QED) is 0.714. The Bertz CT molecular complexity index is 488. The van der Waals surface area contributed by atoms with Crippen molar-refractivity contribution in [3.63, 3.8) is 0 Å². The maximum absolute atomic E-state index is 12.2. The van der Waals surface area contributed by atoms with Gasteiger partial charge in [0.25, 0.3) is 0 Å². The summed E-state index contributed by atoms with van der Waals surface area (Å²) in [4.78, 5) is 16.2. The molecule has 5 nitrogen and oxygen atoms in total. The molecule has 0 atom stereocenters. The zero-order valence-corrected chi connectivity index (χ0v) is 14.4. The molecule has 0 unspecified atom stereocenters. The standard InChI is InChI=1S/C16H28N2O3S/c1-22(20,21)14-13-17-9-11-18(12-10-17)16(19)8-7-15-5-3-2-4-6-15/h7-8,15H,2-6,9-14H2,1H3/b8-7+. The van der Waals surface area contributed by atoms with Crippen LogP contribution in [0.25, 0.3) is 0 Å². The second kappa shape index (κ2) is 8.11. The van der Waals surface area contributed by atoms with Gasteiger partial charge >= 0.3 is 0 Å². The van der Waals surface area contributed by atoms with Crippen LogP contribution in [-0.2, 0) is 14.6 Å². The summed E-state index contributed by atoms with van der Waals surface area (Å²) in [6, 6.07) is 0. The van der Waals surface area contributed by atoms with Gasteiger partial charge in [0.1, 0.15) is 9.84 Å². The van der Waals surface area contributed by atoms with Gasteiger partial charge in [0.05, 0.1) is 5.75 Å². The van der Waals surface area contributed by atoms with Gasteiger partial charge in [0, 0.05) is 39.0 Å². The SMILES string of the molecule is CS(=O)(=O)CCN1CCN(C(=O)/C=C/C2CCCCC2)CC1. The summed E-state index contributed by atoms with van der Waals surface area (Å²) >= 11 is 0. The third-order valence-corrected chi connectivity index (χ3v) is 5.55. The molecule has 1 saturated heterocycles. The van der Waals surface area contributed by atoms with Crippen molar-refractivity contribution in [3.8, 4) is 0 Å². The van der Waals surface area contributed by atoms with Crippen LogP contribution in [0.4, 0.5) is 0 Å². The van der Waals surface area contributed by atoms with E-state index in [1.807, 2.05) is 4.90 Å². The van der Waals surface area contributed by atoms with Crippen molar-refractivity contribution in [1.82, 2.24) is 9.80 Å². The maximum atomic E-state index is 12.2. The fourth-order valence-corrected chi connectivity index (χ4v) is 3.73. The number of sulfone groups is 1. The molecule has 1 aliphatic heterocycles. The number of hydrogen-bond acceptors (Lipinski definition) is 4. The number of nitrogens with zero attached hydrogens (tertiary/aromatic N) is 2. The van der Waals surface area contributed by atoms with Crippen LogP contribution in [-0.4, -0.2) is 68.9 Å². The second-order valence-corrected chi connectivity index (χ2v) is 8.81. The molecule has 0 bridgehead atoms. The summed E-state index contributed by atoms with van der Waals surface area (Å²) in [6.45, 7) is 3.48. The number of allylic oxidation sites excluding steroid dienone is 1. The predicted octanol–water partition coefficient (Wildman–Crippen LogP) is 1.31. The molecule has 22 heavy (non-hydrogen) atoms. The van der Waals surface area contributed by atoms with E-state index in [9.17, 15) is 13.2 Å². The summed E-state index contributed by atoms with van der Waals surface area (Å²) in [7, 11) is -2.91. The second-order valence-electron chi connectivity index (χ2n) is 6.55. The van der Waals surface area contributed by atoms with Crippen LogP contribution in [0, 0.1) is 5.92 Å². The van der Waals surface area contributed by atoms with Crippen molar-refractivity contribution in [2.45, 2.75) is 32.1 Å². The molecule has 0 N–H and O–H groups in total. The number of amides is 1. The van der Waals surface area contributed by atoms with Crippen LogP contribution in [0.1, 0.15) is 32.1 Å². The monoisotopic (exact) mass is 328 g/mol. The highest BCUT2D eigenvalue weighted by molar-refractivity contribution is 7.90. The van der Waals surface area contributed by atoms with Gasteiger partial charge in [-0.2, -0.15) is 0 Å². The van der Waals surface area contributed by atoms with E-state index in [1.165, 1.54) is 38.4 Å². The molecule has 0 aromatic carbocycles. The summed E-state index contributed by atoms with van der Waals surface area (Å²) in [5, 5.41) is 0. The van der Waals surface area contributed by atoms with E-state index in [2.05, 4.69) is 11.0 Å². The van der Waals surface area contributed by atoms with Crippen LogP contribution in [0.3, 0.4) is 0 Å². The molecule has 0 spiro atoms.